The third-order valence-corrected chi connectivity index (χ3v) is 2.36. The molecule has 0 fully saturated rings. The first-order valence-electron chi connectivity index (χ1n) is 5.71. The van der Waals surface area contributed by atoms with Crippen LogP contribution in [0.2, 0.25) is 0 Å². The second-order valence-corrected chi connectivity index (χ2v) is 3.82. The van der Waals surface area contributed by atoms with E-state index in [9.17, 15) is 4.79 Å². The fraction of sp³-hybridized carbons (Fsp3) is 0.636. The third kappa shape index (κ3) is 3.66. The van der Waals surface area contributed by atoms with E-state index in [0.29, 0.717) is 6.42 Å². The smallest absolute Gasteiger partial charge is 0.219 e. The topological polar surface area (TPSA) is 72.9 Å². The van der Waals surface area contributed by atoms with Crippen molar-refractivity contribution < 1.29 is 4.79 Å². The van der Waals surface area contributed by atoms with Gasteiger partial charge in [0.1, 0.15) is 0 Å². The molecule has 1 atom stereocenters. The molecule has 0 radical (unpaired) electrons. The molecule has 0 saturated carbocycles. The molecule has 5 nitrogen and oxygen atoms in total. The Morgan fingerprint density at radius 3 is 2.94 bits per heavy atom. The Balaban J connectivity index is 2.71. The van der Waals surface area contributed by atoms with E-state index >= 15 is 0 Å². The molecule has 0 aromatic carbocycles. The number of amides is 1. The van der Waals surface area contributed by atoms with Gasteiger partial charge in [-0.2, -0.15) is 5.10 Å². The Morgan fingerprint density at radius 2 is 2.38 bits per heavy atom. The van der Waals surface area contributed by atoms with Gasteiger partial charge >= 0.3 is 0 Å². The van der Waals surface area contributed by atoms with Gasteiger partial charge in [-0.25, -0.2) is 0 Å². The first-order valence-corrected chi connectivity index (χ1v) is 5.71. The monoisotopic (exact) mass is 224 g/mol. The maximum absolute atomic E-state index is 10.9. The second kappa shape index (κ2) is 6.27. The van der Waals surface area contributed by atoms with E-state index in [2.05, 4.69) is 17.3 Å². The molecule has 1 heterocycles. The van der Waals surface area contributed by atoms with Crippen molar-refractivity contribution in [3.8, 4) is 0 Å². The predicted molar refractivity (Wildman–Crippen MR) is 62.7 cm³/mol. The normalized spacial score (nSPS) is 12.6. The van der Waals surface area contributed by atoms with E-state index < -0.39 is 0 Å². The van der Waals surface area contributed by atoms with Gasteiger partial charge in [-0.1, -0.05) is 13.8 Å². The highest BCUT2D eigenvalue weighted by Crippen LogP contribution is 2.15. The summed E-state index contributed by atoms with van der Waals surface area (Å²) in [5, 5.41) is 7.47. The molecule has 0 saturated heterocycles. The molecule has 0 aliphatic carbocycles. The lowest BCUT2D eigenvalue weighted by molar-refractivity contribution is -0.118. The number of hydrogen-bond donors (Lipinski definition) is 2. The van der Waals surface area contributed by atoms with Crippen molar-refractivity contribution in [3.05, 3.63) is 18.0 Å². The summed E-state index contributed by atoms with van der Waals surface area (Å²) in [5.74, 6) is -0.297. The number of primary amides is 1. The molecule has 5 heteroatoms. The van der Waals surface area contributed by atoms with Crippen LogP contribution in [0.5, 0.6) is 0 Å². The largest absolute Gasteiger partial charge is 0.370 e. The molecule has 1 aromatic heterocycles. The number of nitrogens with one attached hydrogen (secondary N) is 1. The standard InChI is InChI=1S/C11H20N4O/c1-3-5-15-8-9(7-14-15)10(13-4-2)6-11(12)16/h7-8,10,13H,3-6H2,1-2H3,(H2,12,16). The molecule has 1 aromatic rings. The Hall–Kier alpha value is -1.36. The minimum atomic E-state index is -0.297. The Kier molecular flexibility index (Phi) is 4.98. The summed E-state index contributed by atoms with van der Waals surface area (Å²) in [4.78, 5) is 10.9. The van der Waals surface area contributed by atoms with Crippen LogP contribution in [0.1, 0.15) is 38.3 Å². The van der Waals surface area contributed by atoms with Crippen molar-refractivity contribution in [1.82, 2.24) is 15.1 Å². The number of nitrogens with two attached hydrogens (primary N) is 1. The number of aryl methyl sites for hydroxylation is 1. The van der Waals surface area contributed by atoms with Gasteiger partial charge in [-0.05, 0) is 13.0 Å². The van der Waals surface area contributed by atoms with Crippen LogP contribution in [0.3, 0.4) is 0 Å². The van der Waals surface area contributed by atoms with Crippen LogP contribution in [-0.2, 0) is 11.3 Å². The van der Waals surface area contributed by atoms with Crippen molar-refractivity contribution in [2.24, 2.45) is 5.73 Å². The minimum absolute atomic E-state index is 0.0203. The van der Waals surface area contributed by atoms with Crippen LogP contribution in [0.25, 0.3) is 0 Å². The van der Waals surface area contributed by atoms with Gasteiger partial charge in [0.25, 0.3) is 0 Å². The van der Waals surface area contributed by atoms with Gasteiger partial charge in [-0.15, -0.1) is 0 Å². The van der Waals surface area contributed by atoms with E-state index in [1.165, 1.54) is 0 Å². The zero-order valence-electron chi connectivity index (χ0n) is 9.94. The molecule has 0 aliphatic heterocycles. The number of nitrogens with zero attached hydrogens (tertiary/aromatic N) is 2. The van der Waals surface area contributed by atoms with Gasteiger partial charge in [0.2, 0.25) is 5.91 Å². The van der Waals surface area contributed by atoms with Crippen molar-refractivity contribution in [1.29, 1.82) is 0 Å². The number of rotatable bonds is 7. The first-order chi connectivity index (χ1) is 7.67. The quantitative estimate of drug-likeness (QED) is 0.720. The predicted octanol–water partition coefficient (Wildman–Crippen LogP) is 0.819. The molecule has 1 amide bonds. The average Bonchev–Trinajstić information content (AvgIpc) is 2.66. The summed E-state index contributed by atoms with van der Waals surface area (Å²) >= 11 is 0. The Bertz CT molecular complexity index is 334. The minimum Gasteiger partial charge on any atom is -0.370 e. The summed E-state index contributed by atoms with van der Waals surface area (Å²) in [7, 11) is 0. The van der Waals surface area contributed by atoms with Crippen LogP contribution in [0, 0.1) is 0 Å². The number of carbonyl (C=O) groups is 1. The van der Waals surface area contributed by atoms with E-state index in [1.54, 1.807) is 6.20 Å². The molecule has 0 spiro atoms. The SMILES string of the molecule is CCCn1cc(C(CC(N)=O)NCC)cn1. The fourth-order valence-electron chi connectivity index (χ4n) is 1.67. The number of carbonyl (C=O) groups excluding carboxylic acids is 1. The van der Waals surface area contributed by atoms with Crippen molar-refractivity contribution >= 4 is 5.91 Å². The van der Waals surface area contributed by atoms with E-state index in [4.69, 9.17) is 5.73 Å². The number of aromatic nitrogens is 2. The lowest BCUT2D eigenvalue weighted by Crippen LogP contribution is -2.26. The number of hydrogen-bond acceptors (Lipinski definition) is 3. The van der Waals surface area contributed by atoms with Crippen molar-refractivity contribution in [2.75, 3.05) is 6.54 Å². The highest BCUT2D eigenvalue weighted by molar-refractivity contribution is 5.74. The molecule has 3 N–H and O–H groups in total. The highest BCUT2D eigenvalue weighted by atomic mass is 16.1. The third-order valence-electron chi connectivity index (χ3n) is 2.36. The molecular weight excluding hydrogens is 204 g/mol. The summed E-state index contributed by atoms with van der Waals surface area (Å²) in [6, 6.07) is -0.0203. The molecule has 90 valence electrons. The van der Waals surface area contributed by atoms with E-state index in [1.807, 2.05) is 17.8 Å². The summed E-state index contributed by atoms with van der Waals surface area (Å²) in [6.45, 7) is 5.81. The molecule has 0 aliphatic rings. The van der Waals surface area contributed by atoms with Crippen LogP contribution >= 0.6 is 0 Å². The highest BCUT2D eigenvalue weighted by Gasteiger charge is 2.14. The lowest BCUT2D eigenvalue weighted by atomic mass is 10.1. The molecule has 0 bridgehead atoms. The first kappa shape index (κ1) is 12.7. The van der Waals surface area contributed by atoms with Gasteiger partial charge in [0.15, 0.2) is 0 Å². The summed E-state index contributed by atoms with van der Waals surface area (Å²) in [6.07, 6.45) is 5.13. The van der Waals surface area contributed by atoms with E-state index in [0.717, 1.165) is 25.1 Å². The fourth-order valence-corrected chi connectivity index (χ4v) is 1.67. The van der Waals surface area contributed by atoms with Gasteiger partial charge in [-0.3, -0.25) is 9.48 Å². The zero-order chi connectivity index (χ0) is 12.0. The van der Waals surface area contributed by atoms with Crippen LogP contribution in [0.4, 0.5) is 0 Å². The lowest BCUT2D eigenvalue weighted by Gasteiger charge is -2.13. The molecular formula is C11H20N4O. The summed E-state index contributed by atoms with van der Waals surface area (Å²) in [5.41, 5.74) is 6.24. The zero-order valence-corrected chi connectivity index (χ0v) is 9.94. The van der Waals surface area contributed by atoms with Gasteiger partial charge in [0, 0.05) is 30.8 Å². The average molecular weight is 224 g/mol. The molecule has 16 heavy (non-hydrogen) atoms. The summed E-state index contributed by atoms with van der Waals surface area (Å²) < 4.78 is 1.89. The van der Waals surface area contributed by atoms with Crippen LogP contribution < -0.4 is 11.1 Å². The Morgan fingerprint density at radius 1 is 1.62 bits per heavy atom. The van der Waals surface area contributed by atoms with E-state index in [-0.39, 0.29) is 11.9 Å². The molecule has 1 unspecified atom stereocenters. The second-order valence-electron chi connectivity index (χ2n) is 3.82. The van der Waals surface area contributed by atoms with Crippen LogP contribution in [-0.4, -0.2) is 22.2 Å². The Labute approximate surface area is 96.0 Å². The van der Waals surface area contributed by atoms with Crippen LogP contribution in [0.15, 0.2) is 12.4 Å². The van der Waals surface area contributed by atoms with Crippen molar-refractivity contribution in [2.45, 2.75) is 39.3 Å². The van der Waals surface area contributed by atoms with Gasteiger partial charge in [0.05, 0.1) is 6.20 Å². The maximum atomic E-state index is 10.9. The maximum Gasteiger partial charge on any atom is 0.219 e. The molecule has 1 rings (SSSR count). The van der Waals surface area contributed by atoms with Gasteiger partial charge < -0.3 is 11.1 Å². The van der Waals surface area contributed by atoms with Crippen molar-refractivity contribution in [3.63, 3.8) is 0 Å².